The van der Waals surface area contributed by atoms with Crippen molar-refractivity contribution in [3.05, 3.63) is 64.6 Å². The molecular weight excluding hydrogens is 374 g/mol. The van der Waals surface area contributed by atoms with Crippen LogP contribution in [0.3, 0.4) is 0 Å². The van der Waals surface area contributed by atoms with E-state index >= 15 is 0 Å². The van der Waals surface area contributed by atoms with Crippen molar-refractivity contribution >= 4 is 29.0 Å². The van der Waals surface area contributed by atoms with Gasteiger partial charge in [-0.15, -0.1) is 6.42 Å². The van der Waals surface area contributed by atoms with E-state index in [9.17, 15) is 9.59 Å². The van der Waals surface area contributed by atoms with Gasteiger partial charge in [0.2, 0.25) is 0 Å². The standard InChI is InChI=1S/C22H19NO4S/c1-3-12-23-21(24)20(28-22(23)25)14-17-10-11-18(19(13-17)26-4-2)27-15-16-8-6-5-7-9-16/h1,5-11,13-14H,4,12,15H2,2H3/b20-14+. The maximum atomic E-state index is 12.3. The predicted octanol–water partition coefficient (Wildman–Crippen LogP) is 4.33. The van der Waals surface area contributed by atoms with Crippen molar-refractivity contribution < 1.29 is 19.1 Å². The number of amides is 2. The molecule has 0 bridgehead atoms. The second-order valence-electron chi connectivity index (χ2n) is 5.89. The van der Waals surface area contributed by atoms with Crippen molar-refractivity contribution in [3.8, 4) is 23.8 Å². The molecule has 6 heteroatoms. The minimum absolute atomic E-state index is 0.0293. The lowest BCUT2D eigenvalue weighted by Crippen LogP contribution is -2.28. The van der Waals surface area contributed by atoms with Gasteiger partial charge in [0.1, 0.15) is 6.61 Å². The normalized spacial score (nSPS) is 15.0. The fourth-order valence-corrected chi connectivity index (χ4v) is 3.45. The van der Waals surface area contributed by atoms with Crippen LogP contribution in [0.1, 0.15) is 18.1 Å². The third-order valence-corrected chi connectivity index (χ3v) is 4.83. The average molecular weight is 393 g/mol. The van der Waals surface area contributed by atoms with Crippen LogP contribution in [0.2, 0.25) is 0 Å². The van der Waals surface area contributed by atoms with Crippen LogP contribution < -0.4 is 9.47 Å². The molecule has 1 aliphatic rings. The number of rotatable bonds is 7. The van der Waals surface area contributed by atoms with Gasteiger partial charge >= 0.3 is 0 Å². The molecular formula is C22H19NO4S. The van der Waals surface area contributed by atoms with E-state index in [-0.39, 0.29) is 17.7 Å². The Kier molecular flexibility index (Phi) is 6.41. The summed E-state index contributed by atoms with van der Waals surface area (Å²) in [5, 5.41) is -0.359. The molecule has 28 heavy (non-hydrogen) atoms. The van der Waals surface area contributed by atoms with Gasteiger partial charge in [-0.2, -0.15) is 0 Å². The summed E-state index contributed by atoms with van der Waals surface area (Å²) >= 11 is 0.878. The summed E-state index contributed by atoms with van der Waals surface area (Å²) in [6, 6.07) is 15.2. The Morgan fingerprint density at radius 3 is 2.61 bits per heavy atom. The van der Waals surface area contributed by atoms with Crippen molar-refractivity contribution in [1.82, 2.24) is 4.90 Å². The number of hydrogen-bond acceptors (Lipinski definition) is 5. The van der Waals surface area contributed by atoms with Gasteiger partial charge in [-0.05, 0) is 48.0 Å². The minimum Gasteiger partial charge on any atom is -0.490 e. The minimum atomic E-state index is -0.379. The lowest BCUT2D eigenvalue weighted by atomic mass is 10.1. The third kappa shape index (κ3) is 4.56. The Morgan fingerprint density at radius 2 is 1.89 bits per heavy atom. The lowest BCUT2D eigenvalue weighted by molar-refractivity contribution is -0.122. The highest BCUT2D eigenvalue weighted by molar-refractivity contribution is 8.18. The van der Waals surface area contributed by atoms with E-state index in [1.54, 1.807) is 18.2 Å². The van der Waals surface area contributed by atoms with Crippen LogP contribution in [0.15, 0.2) is 53.4 Å². The number of hydrogen-bond donors (Lipinski definition) is 0. The van der Waals surface area contributed by atoms with Gasteiger partial charge in [-0.1, -0.05) is 42.3 Å². The van der Waals surface area contributed by atoms with Gasteiger partial charge in [-0.25, -0.2) is 0 Å². The first-order valence-electron chi connectivity index (χ1n) is 8.74. The molecule has 0 saturated carbocycles. The molecule has 0 radical (unpaired) electrons. The Balaban J connectivity index is 1.80. The highest BCUT2D eigenvalue weighted by Crippen LogP contribution is 2.34. The highest BCUT2D eigenvalue weighted by Gasteiger charge is 2.34. The van der Waals surface area contributed by atoms with Crippen LogP contribution in [0, 0.1) is 12.3 Å². The molecule has 0 atom stereocenters. The molecule has 2 aromatic carbocycles. The fourth-order valence-electron chi connectivity index (χ4n) is 2.62. The molecule has 0 N–H and O–H groups in total. The van der Waals surface area contributed by atoms with Crippen LogP contribution in [0.25, 0.3) is 6.08 Å². The fraction of sp³-hybridized carbons (Fsp3) is 0.182. The van der Waals surface area contributed by atoms with Gasteiger partial charge in [0, 0.05) is 0 Å². The van der Waals surface area contributed by atoms with E-state index in [0.717, 1.165) is 27.8 Å². The van der Waals surface area contributed by atoms with Crippen molar-refractivity contribution in [2.45, 2.75) is 13.5 Å². The number of carbonyl (C=O) groups is 2. The van der Waals surface area contributed by atoms with Gasteiger partial charge in [-0.3, -0.25) is 14.5 Å². The zero-order valence-corrected chi connectivity index (χ0v) is 16.2. The average Bonchev–Trinajstić information content (AvgIpc) is 2.96. The molecule has 2 aromatic rings. The molecule has 0 aromatic heterocycles. The number of carbonyl (C=O) groups excluding carboxylic acids is 2. The van der Waals surface area contributed by atoms with E-state index in [0.29, 0.717) is 29.6 Å². The zero-order chi connectivity index (χ0) is 19.9. The predicted molar refractivity (Wildman–Crippen MR) is 110 cm³/mol. The summed E-state index contributed by atoms with van der Waals surface area (Å²) in [5.74, 6) is 3.14. The summed E-state index contributed by atoms with van der Waals surface area (Å²) in [6.07, 6.45) is 6.87. The molecule has 0 aliphatic carbocycles. The number of benzene rings is 2. The first kappa shape index (κ1) is 19.6. The van der Waals surface area contributed by atoms with E-state index < -0.39 is 0 Å². The molecule has 1 fully saturated rings. The number of thioether (sulfide) groups is 1. The molecule has 2 amide bonds. The summed E-state index contributed by atoms with van der Waals surface area (Å²) in [7, 11) is 0. The van der Waals surface area contributed by atoms with Gasteiger partial charge in [0.05, 0.1) is 18.1 Å². The molecule has 0 unspecified atom stereocenters. The highest BCUT2D eigenvalue weighted by atomic mass is 32.2. The molecule has 1 heterocycles. The summed E-state index contributed by atoms with van der Waals surface area (Å²) < 4.78 is 11.6. The lowest BCUT2D eigenvalue weighted by Gasteiger charge is -2.13. The first-order chi connectivity index (χ1) is 13.6. The monoisotopic (exact) mass is 393 g/mol. The van der Waals surface area contributed by atoms with Crippen molar-refractivity contribution in [2.75, 3.05) is 13.2 Å². The van der Waals surface area contributed by atoms with Crippen LogP contribution in [-0.2, 0) is 11.4 Å². The van der Waals surface area contributed by atoms with Crippen molar-refractivity contribution in [3.63, 3.8) is 0 Å². The van der Waals surface area contributed by atoms with Crippen LogP contribution in [0.5, 0.6) is 11.5 Å². The summed E-state index contributed by atoms with van der Waals surface area (Å²) in [5.41, 5.74) is 1.79. The van der Waals surface area contributed by atoms with Crippen LogP contribution in [0.4, 0.5) is 4.79 Å². The molecule has 142 valence electrons. The zero-order valence-electron chi connectivity index (χ0n) is 15.4. The molecule has 3 rings (SSSR count). The Morgan fingerprint density at radius 1 is 1.11 bits per heavy atom. The van der Waals surface area contributed by atoms with E-state index in [4.69, 9.17) is 15.9 Å². The Bertz CT molecular complexity index is 947. The largest absolute Gasteiger partial charge is 0.490 e. The van der Waals surface area contributed by atoms with Crippen LogP contribution >= 0.6 is 11.8 Å². The smallest absolute Gasteiger partial charge is 0.294 e. The molecule has 1 saturated heterocycles. The van der Waals surface area contributed by atoms with Gasteiger partial charge in [0.25, 0.3) is 11.1 Å². The number of ether oxygens (including phenoxy) is 2. The third-order valence-electron chi connectivity index (χ3n) is 3.93. The first-order valence-corrected chi connectivity index (χ1v) is 9.56. The van der Waals surface area contributed by atoms with Gasteiger partial charge < -0.3 is 9.47 Å². The molecule has 5 nitrogen and oxygen atoms in total. The van der Waals surface area contributed by atoms with E-state index in [1.807, 2.05) is 43.3 Å². The summed E-state index contributed by atoms with van der Waals surface area (Å²) in [6.45, 7) is 2.76. The van der Waals surface area contributed by atoms with Gasteiger partial charge in [0.15, 0.2) is 11.5 Å². The molecule has 1 aliphatic heterocycles. The van der Waals surface area contributed by atoms with E-state index in [1.165, 1.54) is 0 Å². The number of imide groups is 1. The second kappa shape index (κ2) is 9.16. The molecule has 0 spiro atoms. The summed E-state index contributed by atoms with van der Waals surface area (Å²) in [4.78, 5) is 25.6. The van der Waals surface area contributed by atoms with Crippen LogP contribution in [-0.4, -0.2) is 29.2 Å². The maximum absolute atomic E-state index is 12.3. The SMILES string of the molecule is C#CCN1C(=O)S/C(=C/c2ccc(OCc3ccccc3)c(OCC)c2)C1=O. The van der Waals surface area contributed by atoms with Crippen molar-refractivity contribution in [2.24, 2.45) is 0 Å². The van der Waals surface area contributed by atoms with Crippen molar-refractivity contribution in [1.29, 1.82) is 0 Å². The van der Waals surface area contributed by atoms with E-state index in [2.05, 4.69) is 5.92 Å². The Labute approximate surface area is 168 Å². The topological polar surface area (TPSA) is 55.8 Å². The quantitative estimate of drug-likeness (QED) is 0.518. The second-order valence-corrected chi connectivity index (χ2v) is 6.88. The Hall–Kier alpha value is -3.17. The number of terminal acetylenes is 1. The number of nitrogens with zero attached hydrogens (tertiary/aromatic N) is 1. The maximum Gasteiger partial charge on any atom is 0.294 e.